The number of rotatable bonds is 12. The van der Waals surface area contributed by atoms with Crippen molar-refractivity contribution in [2.75, 3.05) is 32.6 Å². The molecule has 1 aliphatic carbocycles. The highest BCUT2D eigenvalue weighted by molar-refractivity contribution is 7.90. The summed E-state index contributed by atoms with van der Waals surface area (Å²) in [6, 6.07) is 12.7. The maximum atomic E-state index is 15.4. The molecule has 14 heteroatoms. The molecule has 0 unspecified atom stereocenters. The molecule has 4 atom stereocenters. The van der Waals surface area contributed by atoms with Gasteiger partial charge in [-0.25, -0.2) is 22.6 Å². The monoisotopic (exact) mass is 687 g/mol. The minimum atomic E-state index is -3.47. The van der Waals surface area contributed by atoms with E-state index in [1.54, 1.807) is 53.0 Å². The number of pyridine rings is 1. The van der Waals surface area contributed by atoms with Crippen LogP contribution in [-0.4, -0.2) is 80.4 Å². The first kappa shape index (κ1) is 34.6. The molecule has 47 heavy (non-hydrogen) atoms. The zero-order valence-electron chi connectivity index (χ0n) is 26.4. The van der Waals surface area contributed by atoms with Gasteiger partial charge in [-0.2, -0.15) is 4.31 Å². The number of piperazine rings is 1. The molecule has 0 bridgehead atoms. The number of aromatic nitrogens is 1. The Bertz CT molecular complexity index is 1670. The molecule has 252 valence electrons. The summed E-state index contributed by atoms with van der Waals surface area (Å²) in [5.74, 6) is -1.58. The summed E-state index contributed by atoms with van der Waals surface area (Å²) >= 11 is 6.16. The molecule has 1 aliphatic heterocycles. The van der Waals surface area contributed by atoms with Gasteiger partial charge in [-0.1, -0.05) is 35.9 Å². The van der Waals surface area contributed by atoms with Gasteiger partial charge >= 0.3 is 6.09 Å². The van der Waals surface area contributed by atoms with E-state index in [-0.39, 0.29) is 35.0 Å². The van der Waals surface area contributed by atoms with Crippen molar-refractivity contribution in [3.63, 3.8) is 0 Å². The van der Waals surface area contributed by atoms with Crippen molar-refractivity contribution in [3.8, 4) is 5.88 Å². The Kier molecular flexibility index (Phi) is 11.0. The second-order valence-electron chi connectivity index (χ2n) is 11.8. The van der Waals surface area contributed by atoms with Crippen molar-refractivity contribution in [3.05, 3.63) is 88.3 Å². The quantitative estimate of drug-likeness (QED) is 0.254. The van der Waals surface area contributed by atoms with Gasteiger partial charge in [0.25, 0.3) is 0 Å². The van der Waals surface area contributed by atoms with Gasteiger partial charge in [-0.15, -0.1) is 0 Å². The van der Waals surface area contributed by atoms with E-state index in [1.165, 1.54) is 26.4 Å². The first-order valence-corrected chi connectivity index (χ1v) is 17.3. The summed E-state index contributed by atoms with van der Waals surface area (Å²) in [5.41, 5.74) is 1.67. The predicted octanol–water partition coefficient (Wildman–Crippen LogP) is 4.47. The average molecular weight is 688 g/mol. The third-order valence-electron chi connectivity index (χ3n) is 8.59. The van der Waals surface area contributed by atoms with Crippen molar-refractivity contribution in [2.24, 2.45) is 0 Å². The van der Waals surface area contributed by atoms with Crippen molar-refractivity contribution >= 4 is 39.3 Å². The maximum absolute atomic E-state index is 15.4. The van der Waals surface area contributed by atoms with E-state index in [4.69, 9.17) is 21.1 Å². The fraction of sp³-hybridized carbons (Fsp3) is 0.424. The minimum absolute atomic E-state index is 0.163. The molecule has 1 saturated carbocycles. The zero-order valence-corrected chi connectivity index (χ0v) is 28.0. The molecule has 2 heterocycles. The Balaban J connectivity index is 1.45. The topological polar surface area (TPSA) is 139 Å². The summed E-state index contributed by atoms with van der Waals surface area (Å²) in [7, 11) is -0.794. The van der Waals surface area contributed by atoms with E-state index < -0.39 is 39.8 Å². The third kappa shape index (κ3) is 8.03. The molecule has 1 aromatic heterocycles. The van der Waals surface area contributed by atoms with Gasteiger partial charge < -0.3 is 25.4 Å². The second-order valence-corrected chi connectivity index (χ2v) is 14.4. The largest absolute Gasteiger partial charge is 0.481 e. The Labute approximate surface area is 279 Å². The number of alkyl carbamates (subject to hydrolysis) is 1. The van der Waals surface area contributed by atoms with Crippen molar-refractivity contribution in [2.45, 2.75) is 61.9 Å². The highest BCUT2D eigenvalue weighted by atomic mass is 35.5. The smallest absolute Gasteiger partial charge is 0.407 e. The molecule has 2 aliphatic rings. The zero-order chi connectivity index (χ0) is 33.7. The van der Waals surface area contributed by atoms with Crippen LogP contribution >= 0.6 is 11.6 Å². The lowest BCUT2D eigenvalue weighted by Gasteiger charge is -2.40. The van der Waals surface area contributed by atoms with Crippen molar-refractivity contribution in [1.29, 1.82) is 0 Å². The Hall–Kier alpha value is -3.78. The number of amides is 2. The Morgan fingerprint density at radius 1 is 1.09 bits per heavy atom. The van der Waals surface area contributed by atoms with Gasteiger partial charge in [0.2, 0.25) is 21.8 Å². The maximum Gasteiger partial charge on any atom is 0.407 e. The molecule has 2 aromatic carbocycles. The average Bonchev–Trinajstić information content (AvgIpc) is 3.92. The van der Waals surface area contributed by atoms with E-state index in [2.05, 4.69) is 20.9 Å². The minimum Gasteiger partial charge on any atom is -0.481 e. The molecule has 1 saturated heterocycles. The summed E-state index contributed by atoms with van der Waals surface area (Å²) in [6.45, 7) is 2.85. The van der Waals surface area contributed by atoms with Gasteiger partial charge in [-0.3, -0.25) is 4.79 Å². The van der Waals surface area contributed by atoms with Crippen molar-refractivity contribution < 1.29 is 31.9 Å². The van der Waals surface area contributed by atoms with E-state index in [1.807, 2.05) is 6.92 Å². The number of ether oxygens (including phenoxy) is 2. The number of hydrogen-bond acceptors (Lipinski definition) is 8. The number of sulfonamides is 1. The number of anilines is 1. The molecule has 0 radical (unpaired) electrons. The number of methoxy groups -OCH3 is 2. The van der Waals surface area contributed by atoms with Gasteiger partial charge in [-0.05, 0) is 68.0 Å². The van der Waals surface area contributed by atoms with Crippen LogP contribution in [0.1, 0.15) is 48.8 Å². The Morgan fingerprint density at radius 3 is 2.45 bits per heavy atom. The van der Waals surface area contributed by atoms with Gasteiger partial charge in [0, 0.05) is 59.6 Å². The molecule has 11 nitrogen and oxygen atoms in total. The summed E-state index contributed by atoms with van der Waals surface area (Å²) in [4.78, 5) is 31.0. The van der Waals surface area contributed by atoms with Crippen LogP contribution in [0.3, 0.4) is 0 Å². The third-order valence-corrected chi connectivity index (χ3v) is 11.4. The summed E-state index contributed by atoms with van der Waals surface area (Å²) in [5, 5.41) is 8.90. The van der Waals surface area contributed by atoms with E-state index in [9.17, 15) is 18.0 Å². The summed E-state index contributed by atoms with van der Waals surface area (Å²) < 4.78 is 53.7. The number of benzene rings is 2. The fourth-order valence-corrected chi connectivity index (χ4v) is 8.48. The van der Waals surface area contributed by atoms with Crippen LogP contribution in [0.5, 0.6) is 5.88 Å². The lowest BCUT2D eigenvalue weighted by Crippen LogP contribution is -2.59. The number of carbonyl (C=O) groups is 2. The molecular formula is C33H39ClFN5O6S. The SMILES string of the molecule is COC(=O)N[C@H](C(=O)Nc1cccc(F)c1CC[C@H]1CNC[C@H](C)N1S(=O)(=O)C1CC1)[C@@H](c1ccc(Cl)cc1)c1ccc(OC)nc1. The summed E-state index contributed by atoms with van der Waals surface area (Å²) in [6.07, 6.45) is 2.50. The highest BCUT2D eigenvalue weighted by Gasteiger charge is 2.45. The van der Waals surface area contributed by atoms with Crippen LogP contribution in [0.15, 0.2) is 60.8 Å². The van der Waals surface area contributed by atoms with Gasteiger partial charge in [0.15, 0.2) is 0 Å². The first-order valence-electron chi connectivity index (χ1n) is 15.4. The van der Waals surface area contributed by atoms with Crippen molar-refractivity contribution in [1.82, 2.24) is 19.9 Å². The number of carbonyl (C=O) groups excluding carboxylic acids is 2. The Morgan fingerprint density at radius 2 is 1.81 bits per heavy atom. The molecule has 5 rings (SSSR count). The standard InChI is InChI=1S/C33H39ClFN5O6S/c1-20-17-36-19-24(40(20)47(43,44)25-13-14-25)12-15-26-27(35)5-4-6-28(26)38-32(41)31(39-33(42)46-3)30(21-7-10-23(34)11-8-21)22-9-16-29(45-2)37-18-22/h4-11,16,18,20,24-25,30-31,36H,12-15,17,19H2,1-3H3,(H,38,41)(H,39,42)/t20-,24-,30-,31-/m0/s1. The normalized spacial score (nSPS) is 19.8. The van der Waals surface area contributed by atoms with Gasteiger partial charge in [0.05, 0.1) is 19.5 Å². The lowest BCUT2D eigenvalue weighted by atomic mass is 9.85. The number of nitrogens with zero attached hydrogens (tertiary/aromatic N) is 2. The molecule has 3 aromatic rings. The van der Waals surface area contributed by atoms with E-state index in [0.29, 0.717) is 54.4 Å². The number of halogens is 2. The molecule has 3 N–H and O–H groups in total. The molecule has 0 spiro atoms. The van der Waals surface area contributed by atoms with Crippen LogP contribution in [0.25, 0.3) is 0 Å². The van der Waals surface area contributed by atoms with Crippen LogP contribution < -0.4 is 20.7 Å². The number of nitrogens with one attached hydrogen (secondary N) is 3. The molecular weight excluding hydrogens is 649 g/mol. The predicted molar refractivity (Wildman–Crippen MR) is 177 cm³/mol. The highest BCUT2D eigenvalue weighted by Crippen LogP contribution is 2.35. The van der Waals surface area contributed by atoms with Gasteiger partial charge in [0.1, 0.15) is 11.9 Å². The number of hydrogen-bond donors (Lipinski definition) is 3. The van der Waals surface area contributed by atoms with Crippen LogP contribution in [0, 0.1) is 5.82 Å². The fourth-order valence-electron chi connectivity index (χ4n) is 6.11. The van der Waals surface area contributed by atoms with Crippen LogP contribution in [0.4, 0.5) is 14.9 Å². The lowest BCUT2D eigenvalue weighted by molar-refractivity contribution is -0.118. The molecule has 2 fully saturated rings. The van der Waals surface area contributed by atoms with E-state index in [0.717, 1.165) is 0 Å². The van der Waals surface area contributed by atoms with Crippen LogP contribution in [0.2, 0.25) is 5.02 Å². The van der Waals surface area contributed by atoms with Crippen LogP contribution in [-0.2, 0) is 26.0 Å². The first-order chi connectivity index (χ1) is 22.5. The molecule has 2 amide bonds. The van der Waals surface area contributed by atoms with E-state index >= 15 is 4.39 Å². The second kappa shape index (κ2) is 15.0.